The molecule has 2 amide bonds. The van der Waals surface area contributed by atoms with E-state index in [0.29, 0.717) is 32.1 Å². The van der Waals surface area contributed by atoms with E-state index in [9.17, 15) is 9.59 Å². The summed E-state index contributed by atoms with van der Waals surface area (Å²) in [5.74, 6) is 0.208. The highest BCUT2D eigenvalue weighted by molar-refractivity contribution is 5.92. The van der Waals surface area contributed by atoms with Gasteiger partial charge in [0, 0.05) is 75.9 Å². The van der Waals surface area contributed by atoms with Crippen LogP contribution in [0.1, 0.15) is 55.7 Å². The number of aromatic amines is 1. The van der Waals surface area contributed by atoms with Crippen LogP contribution in [0.4, 0.5) is 5.69 Å². The number of rotatable bonds is 6. The minimum Gasteiger partial charge on any atom is -0.337 e. The van der Waals surface area contributed by atoms with Crippen molar-refractivity contribution in [2.45, 2.75) is 70.6 Å². The lowest BCUT2D eigenvalue weighted by Gasteiger charge is -2.34. The molecule has 2 atom stereocenters. The van der Waals surface area contributed by atoms with Crippen molar-refractivity contribution >= 4 is 17.5 Å². The summed E-state index contributed by atoms with van der Waals surface area (Å²) in [5, 5.41) is 6.86. The van der Waals surface area contributed by atoms with Crippen molar-refractivity contribution in [1.29, 1.82) is 0 Å². The zero-order valence-corrected chi connectivity index (χ0v) is 21.6. The SMILES string of the molecule is CC(=O)N1CC[C@H]2CC[C@@H](CN(C(=O)CCCc3cn[nH]c3)Cc3ccccc31)N2Cc1ccncc1. The van der Waals surface area contributed by atoms with Crippen LogP contribution >= 0.6 is 0 Å². The Bertz CT molecular complexity index is 1180. The van der Waals surface area contributed by atoms with Crippen LogP contribution in [-0.2, 0) is 29.1 Å². The standard InChI is InChI=1S/C29H36N6O2/c1-22(36)34-16-13-26-9-10-27(35(26)19-23-11-14-30-15-12-23)21-33(20-25-6-2-3-7-28(25)34)29(37)8-4-5-24-17-31-32-18-24/h2-3,6-7,11-12,14-15,17-18,26-27H,4-5,8-10,13,16,19-21H2,1H3,(H,31,32)/t26-,27+/m1/s1. The van der Waals surface area contributed by atoms with E-state index in [0.717, 1.165) is 55.5 Å². The second-order valence-corrected chi connectivity index (χ2v) is 10.2. The Kier molecular flexibility index (Phi) is 7.94. The third-order valence-corrected chi connectivity index (χ3v) is 7.79. The quantitative estimate of drug-likeness (QED) is 0.554. The number of aryl methyl sites for hydroxylation is 1. The van der Waals surface area contributed by atoms with Crippen LogP contribution in [0.25, 0.3) is 0 Å². The molecule has 0 spiro atoms. The first-order chi connectivity index (χ1) is 18.1. The molecule has 1 aromatic carbocycles. The lowest BCUT2D eigenvalue weighted by molar-refractivity contribution is -0.132. The normalized spacial score (nSPS) is 20.4. The van der Waals surface area contributed by atoms with Crippen LogP contribution in [0.5, 0.6) is 0 Å². The van der Waals surface area contributed by atoms with Crippen LogP contribution in [0.3, 0.4) is 0 Å². The van der Waals surface area contributed by atoms with Crippen molar-refractivity contribution in [2.24, 2.45) is 0 Å². The molecule has 8 nitrogen and oxygen atoms in total. The second kappa shape index (κ2) is 11.7. The number of benzene rings is 1. The summed E-state index contributed by atoms with van der Waals surface area (Å²) < 4.78 is 0. The first-order valence-electron chi connectivity index (χ1n) is 13.3. The average Bonchev–Trinajstić information content (AvgIpc) is 3.54. The molecule has 4 heterocycles. The summed E-state index contributed by atoms with van der Waals surface area (Å²) in [7, 11) is 0. The predicted molar refractivity (Wildman–Crippen MR) is 143 cm³/mol. The van der Waals surface area contributed by atoms with E-state index in [2.05, 4.69) is 38.3 Å². The molecule has 2 aliphatic rings. The largest absolute Gasteiger partial charge is 0.337 e. The van der Waals surface area contributed by atoms with Crippen LogP contribution in [-0.4, -0.2) is 62.0 Å². The van der Waals surface area contributed by atoms with Crippen LogP contribution in [0.15, 0.2) is 61.2 Å². The first kappa shape index (κ1) is 25.1. The number of amides is 2. The molecule has 5 rings (SSSR count). The highest BCUT2D eigenvalue weighted by Gasteiger charge is 2.36. The summed E-state index contributed by atoms with van der Waals surface area (Å²) in [5.41, 5.74) is 4.30. The number of anilines is 1. The Labute approximate surface area is 218 Å². The lowest BCUT2D eigenvalue weighted by atomic mass is 10.1. The topological polar surface area (TPSA) is 85.4 Å². The number of H-pyrrole nitrogens is 1. The Morgan fingerprint density at radius 3 is 2.62 bits per heavy atom. The van der Waals surface area contributed by atoms with Gasteiger partial charge in [-0.1, -0.05) is 18.2 Å². The van der Waals surface area contributed by atoms with E-state index in [1.807, 2.05) is 52.8 Å². The van der Waals surface area contributed by atoms with Gasteiger partial charge in [-0.2, -0.15) is 5.10 Å². The molecule has 194 valence electrons. The molecule has 37 heavy (non-hydrogen) atoms. The van der Waals surface area contributed by atoms with Gasteiger partial charge in [-0.15, -0.1) is 0 Å². The van der Waals surface area contributed by atoms with Crippen molar-refractivity contribution in [3.8, 4) is 0 Å². The number of fused-ring (bicyclic) bond motifs is 3. The number of nitrogens with one attached hydrogen (secondary N) is 1. The van der Waals surface area contributed by atoms with Crippen molar-refractivity contribution < 1.29 is 9.59 Å². The Balaban J connectivity index is 1.42. The minimum absolute atomic E-state index is 0.0416. The molecule has 0 aliphatic carbocycles. The number of pyridine rings is 1. The van der Waals surface area contributed by atoms with Crippen molar-refractivity contribution in [3.63, 3.8) is 0 Å². The van der Waals surface area contributed by atoms with Crippen molar-refractivity contribution in [2.75, 3.05) is 18.0 Å². The molecular formula is C29H36N6O2. The Morgan fingerprint density at radius 1 is 1.03 bits per heavy atom. The summed E-state index contributed by atoms with van der Waals surface area (Å²) in [6.07, 6.45) is 12.5. The molecule has 3 aromatic rings. The van der Waals surface area contributed by atoms with Gasteiger partial charge < -0.3 is 9.80 Å². The smallest absolute Gasteiger partial charge is 0.223 e. The zero-order valence-electron chi connectivity index (χ0n) is 21.6. The molecule has 1 N–H and O–H groups in total. The molecule has 0 saturated carbocycles. The maximum atomic E-state index is 13.6. The number of aromatic nitrogens is 3. The van der Waals surface area contributed by atoms with E-state index in [1.54, 1.807) is 6.92 Å². The third-order valence-electron chi connectivity index (χ3n) is 7.79. The van der Waals surface area contributed by atoms with E-state index in [4.69, 9.17) is 0 Å². The van der Waals surface area contributed by atoms with E-state index < -0.39 is 0 Å². The summed E-state index contributed by atoms with van der Waals surface area (Å²) in [4.78, 5) is 37.1. The van der Waals surface area contributed by atoms with E-state index >= 15 is 0 Å². The maximum absolute atomic E-state index is 13.6. The van der Waals surface area contributed by atoms with Gasteiger partial charge in [0.1, 0.15) is 0 Å². The predicted octanol–water partition coefficient (Wildman–Crippen LogP) is 3.95. The van der Waals surface area contributed by atoms with Gasteiger partial charge in [0.15, 0.2) is 0 Å². The van der Waals surface area contributed by atoms with Crippen molar-refractivity contribution in [3.05, 3.63) is 77.9 Å². The molecule has 2 bridgehead atoms. The number of hydrogen-bond donors (Lipinski definition) is 1. The summed E-state index contributed by atoms with van der Waals surface area (Å²) in [6.45, 7) is 4.35. The molecular weight excluding hydrogens is 464 g/mol. The van der Waals surface area contributed by atoms with Gasteiger partial charge >= 0.3 is 0 Å². The van der Waals surface area contributed by atoms with Gasteiger partial charge in [-0.3, -0.25) is 24.6 Å². The van der Waals surface area contributed by atoms with Gasteiger partial charge in [-0.25, -0.2) is 0 Å². The fraction of sp³-hybridized carbons (Fsp3) is 0.448. The maximum Gasteiger partial charge on any atom is 0.223 e. The van der Waals surface area contributed by atoms with Crippen molar-refractivity contribution in [1.82, 2.24) is 25.0 Å². The molecule has 2 aliphatic heterocycles. The van der Waals surface area contributed by atoms with Crippen LogP contribution in [0.2, 0.25) is 0 Å². The first-order valence-corrected chi connectivity index (χ1v) is 13.3. The molecule has 8 heteroatoms. The monoisotopic (exact) mass is 500 g/mol. The lowest BCUT2D eigenvalue weighted by Crippen LogP contribution is -2.45. The van der Waals surface area contributed by atoms with Gasteiger partial charge in [0.2, 0.25) is 11.8 Å². The highest BCUT2D eigenvalue weighted by Crippen LogP contribution is 2.32. The van der Waals surface area contributed by atoms with Gasteiger partial charge in [0.25, 0.3) is 0 Å². The number of carbonyl (C=O) groups is 2. The number of hydrogen-bond acceptors (Lipinski definition) is 5. The Hall–Kier alpha value is -3.52. The zero-order chi connectivity index (χ0) is 25.6. The number of nitrogens with zero attached hydrogens (tertiary/aromatic N) is 5. The summed E-state index contributed by atoms with van der Waals surface area (Å²) >= 11 is 0. The number of para-hydroxylation sites is 1. The summed E-state index contributed by atoms with van der Waals surface area (Å²) in [6, 6.07) is 12.8. The average molecular weight is 501 g/mol. The minimum atomic E-state index is 0.0416. The molecule has 0 radical (unpaired) electrons. The van der Waals surface area contributed by atoms with Gasteiger partial charge in [-0.05, 0) is 67.0 Å². The molecule has 1 fully saturated rings. The number of carbonyl (C=O) groups excluding carboxylic acids is 2. The molecule has 1 saturated heterocycles. The molecule has 2 aromatic heterocycles. The van der Waals surface area contributed by atoms with Crippen LogP contribution in [0, 0.1) is 0 Å². The van der Waals surface area contributed by atoms with E-state index in [-0.39, 0.29) is 17.9 Å². The fourth-order valence-electron chi connectivity index (χ4n) is 5.84. The van der Waals surface area contributed by atoms with Crippen LogP contribution < -0.4 is 4.90 Å². The van der Waals surface area contributed by atoms with E-state index in [1.165, 1.54) is 5.56 Å². The fourth-order valence-corrected chi connectivity index (χ4v) is 5.84. The highest BCUT2D eigenvalue weighted by atomic mass is 16.2. The molecule has 0 unspecified atom stereocenters. The van der Waals surface area contributed by atoms with Gasteiger partial charge in [0.05, 0.1) is 6.20 Å². The third kappa shape index (κ3) is 6.07. The second-order valence-electron chi connectivity index (χ2n) is 10.2. The Morgan fingerprint density at radius 2 is 1.84 bits per heavy atom.